The minimum atomic E-state index is 0.592. The smallest absolute Gasteiger partial charge is 0.174 e. The van der Waals surface area contributed by atoms with E-state index in [1.807, 2.05) is 0 Å². The number of hydrogen-bond donors (Lipinski definition) is 0. The predicted octanol–water partition coefficient (Wildman–Crippen LogP) is 1.57. The molecular weight excluding hydrogens is 262 g/mol. The van der Waals surface area contributed by atoms with Crippen molar-refractivity contribution in [3.05, 3.63) is 28.6 Å². The van der Waals surface area contributed by atoms with E-state index in [0.717, 1.165) is 10.8 Å². The van der Waals surface area contributed by atoms with Crippen molar-refractivity contribution >= 4 is 27.9 Å². The van der Waals surface area contributed by atoms with Gasteiger partial charge in [-0.1, -0.05) is 0 Å². The highest BCUT2D eigenvalue weighted by molar-refractivity contribution is 9.10. The van der Waals surface area contributed by atoms with Gasteiger partial charge in [0.15, 0.2) is 11.9 Å². The molecule has 6 heteroatoms. The number of methoxy groups -OCH3 is 1. The maximum atomic E-state index is 10.4. The first kappa shape index (κ1) is 11.8. The van der Waals surface area contributed by atoms with Crippen LogP contribution in [0.15, 0.2) is 23.1 Å². The normalized spacial score (nSPS) is 9.53. The van der Waals surface area contributed by atoms with Crippen LogP contribution in [0.2, 0.25) is 0 Å². The number of nitrogens with zero attached hydrogens (tertiary/aromatic N) is 3. The number of halogens is 1. The van der Waals surface area contributed by atoms with Gasteiger partial charge in [-0.3, -0.25) is 9.20 Å². The van der Waals surface area contributed by atoms with Crippen molar-refractivity contribution in [3.8, 4) is 0 Å². The first-order valence-corrected chi connectivity index (χ1v) is 4.86. The molecule has 0 N–H and O–H groups in total. The van der Waals surface area contributed by atoms with Crippen LogP contribution in [0.5, 0.6) is 0 Å². The molecule has 0 aliphatic rings. The van der Waals surface area contributed by atoms with Crippen molar-refractivity contribution < 1.29 is 9.53 Å². The Bertz CT molecular complexity index is 456. The second kappa shape index (κ2) is 5.57. The summed E-state index contributed by atoms with van der Waals surface area (Å²) in [5, 5.41) is 7.55. The molecule has 2 aromatic heterocycles. The third-order valence-electron chi connectivity index (χ3n) is 1.50. The van der Waals surface area contributed by atoms with Crippen LogP contribution in [-0.2, 0) is 4.74 Å². The Morgan fingerprint density at radius 2 is 2.20 bits per heavy atom. The molecule has 0 spiro atoms. The van der Waals surface area contributed by atoms with Crippen LogP contribution in [0.25, 0.3) is 5.65 Å². The molecule has 0 saturated heterocycles. The Balaban J connectivity index is 0.000000337. The third-order valence-corrected chi connectivity index (χ3v) is 2.09. The van der Waals surface area contributed by atoms with Gasteiger partial charge in [0.1, 0.15) is 6.33 Å². The number of aromatic nitrogens is 3. The largest absolute Gasteiger partial charge is 0.388 e. The molecule has 80 valence electrons. The van der Waals surface area contributed by atoms with Crippen LogP contribution in [-0.4, -0.2) is 35.1 Å². The van der Waals surface area contributed by atoms with E-state index in [2.05, 4.69) is 30.9 Å². The molecule has 2 heterocycles. The molecule has 0 saturated carbocycles. The molecule has 2 aromatic rings. The Labute approximate surface area is 95.2 Å². The highest BCUT2D eigenvalue weighted by Crippen LogP contribution is 2.16. The Hall–Kier alpha value is -1.27. The van der Waals surface area contributed by atoms with Gasteiger partial charge in [0.25, 0.3) is 0 Å². The second-order valence-corrected chi connectivity index (χ2v) is 3.56. The number of aldehydes is 1. The zero-order valence-corrected chi connectivity index (χ0v) is 9.93. The molecule has 0 aromatic carbocycles. The summed E-state index contributed by atoms with van der Waals surface area (Å²) in [6, 6.07) is 1.71. The first-order chi connectivity index (χ1) is 7.22. The monoisotopic (exact) mass is 271 g/mol. The molecule has 0 bridgehead atoms. The van der Waals surface area contributed by atoms with Crippen molar-refractivity contribution in [2.24, 2.45) is 0 Å². The lowest BCUT2D eigenvalue weighted by Gasteiger charge is -1.95. The molecule has 5 nitrogen and oxygen atoms in total. The fourth-order valence-electron chi connectivity index (χ4n) is 0.981. The van der Waals surface area contributed by atoms with Crippen LogP contribution in [0.1, 0.15) is 10.4 Å². The van der Waals surface area contributed by atoms with E-state index in [4.69, 9.17) is 0 Å². The van der Waals surface area contributed by atoms with Gasteiger partial charge in [-0.25, -0.2) is 0 Å². The quantitative estimate of drug-likeness (QED) is 0.739. The van der Waals surface area contributed by atoms with E-state index >= 15 is 0 Å². The summed E-state index contributed by atoms with van der Waals surface area (Å²) in [6.45, 7) is 0. The molecule has 0 unspecified atom stereocenters. The molecule has 0 radical (unpaired) electrons. The molecule has 0 atom stereocenters. The topological polar surface area (TPSA) is 56.5 Å². The minimum Gasteiger partial charge on any atom is -0.388 e. The van der Waals surface area contributed by atoms with E-state index in [1.165, 1.54) is 0 Å². The average Bonchev–Trinajstić information content (AvgIpc) is 2.67. The summed E-state index contributed by atoms with van der Waals surface area (Å²) in [5.41, 5.74) is 1.30. The van der Waals surface area contributed by atoms with Crippen LogP contribution < -0.4 is 0 Å². The summed E-state index contributed by atoms with van der Waals surface area (Å²) >= 11 is 3.29. The van der Waals surface area contributed by atoms with Crippen molar-refractivity contribution in [3.63, 3.8) is 0 Å². The molecule has 0 aliphatic heterocycles. The number of rotatable bonds is 1. The van der Waals surface area contributed by atoms with E-state index in [9.17, 15) is 4.79 Å². The van der Waals surface area contributed by atoms with Crippen LogP contribution in [0.4, 0.5) is 0 Å². The number of ether oxygens (including phenoxy) is 1. The number of hydrogen-bond acceptors (Lipinski definition) is 4. The maximum Gasteiger partial charge on any atom is 0.174 e. The van der Waals surface area contributed by atoms with Gasteiger partial charge in [0.2, 0.25) is 0 Å². The molecule has 0 fully saturated rings. The van der Waals surface area contributed by atoms with Gasteiger partial charge in [-0.2, -0.15) is 0 Å². The van der Waals surface area contributed by atoms with E-state index in [1.54, 1.807) is 37.2 Å². The van der Waals surface area contributed by atoms with Gasteiger partial charge in [0, 0.05) is 26.0 Å². The van der Waals surface area contributed by atoms with E-state index in [0.29, 0.717) is 11.2 Å². The lowest BCUT2D eigenvalue weighted by atomic mass is 10.3. The summed E-state index contributed by atoms with van der Waals surface area (Å²) in [4.78, 5) is 10.4. The number of carbonyl (C=O) groups excluding carboxylic acids is 1. The van der Waals surface area contributed by atoms with Gasteiger partial charge >= 0.3 is 0 Å². The number of fused-ring (bicyclic) bond motifs is 1. The summed E-state index contributed by atoms with van der Waals surface area (Å²) in [6.07, 6.45) is 4.00. The molecule has 0 aliphatic carbocycles. The van der Waals surface area contributed by atoms with E-state index < -0.39 is 0 Å². The van der Waals surface area contributed by atoms with E-state index in [-0.39, 0.29) is 0 Å². The zero-order valence-electron chi connectivity index (χ0n) is 8.35. The predicted molar refractivity (Wildman–Crippen MR) is 59.0 cm³/mol. The minimum absolute atomic E-state index is 0.592. The highest BCUT2D eigenvalue weighted by Gasteiger charge is 2.02. The second-order valence-electron chi connectivity index (χ2n) is 2.71. The summed E-state index contributed by atoms with van der Waals surface area (Å²) in [5.74, 6) is 0. The van der Waals surface area contributed by atoms with Gasteiger partial charge in [-0.15, -0.1) is 10.2 Å². The first-order valence-electron chi connectivity index (χ1n) is 4.07. The fourth-order valence-corrected chi connectivity index (χ4v) is 1.53. The third kappa shape index (κ3) is 2.84. The Kier molecular flexibility index (Phi) is 4.38. The lowest BCUT2D eigenvalue weighted by molar-refractivity contribution is 0.112. The molecular formula is C9H10BrN3O2. The summed E-state index contributed by atoms with van der Waals surface area (Å²) in [7, 11) is 3.25. The fraction of sp³-hybridized carbons (Fsp3) is 0.222. The number of pyridine rings is 1. The van der Waals surface area contributed by atoms with Crippen LogP contribution in [0.3, 0.4) is 0 Å². The van der Waals surface area contributed by atoms with Crippen LogP contribution in [0, 0.1) is 0 Å². The highest BCUT2D eigenvalue weighted by atomic mass is 79.9. The van der Waals surface area contributed by atoms with Crippen LogP contribution >= 0.6 is 15.9 Å². The lowest BCUT2D eigenvalue weighted by Crippen LogP contribution is -1.88. The van der Waals surface area contributed by atoms with Gasteiger partial charge in [-0.05, 0) is 22.0 Å². The van der Waals surface area contributed by atoms with Crippen molar-refractivity contribution in [1.82, 2.24) is 14.6 Å². The Morgan fingerprint density at radius 1 is 1.53 bits per heavy atom. The molecule has 0 amide bonds. The van der Waals surface area contributed by atoms with Crippen molar-refractivity contribution in [2.75, 3.05) is 14.2 Å². The standard InChI is InChI=1S/C7H4BrN3O.C2H6O/c8-6-1-5(3-12)2-11-4-9-10-7(6)11;1-3-2/h1-4H;1-2H3. The summed E-state index contributed by atoms with van der Waals surface area (Å²) < 4.78 is 6.71. The SMILES string of the molecule is COC.O=Cc1cc(Br)c2nncn2c1. The molecule has 15 heavy (non-hydrogen) atoms. The Morgan fingerprint density at radius 3 is 2.80 bits per heavy atom. The maximum absolute atomic E-state index is 10.4. The van der Waals surface area contributed by atoms with Crippen molar-refractivity contribution in [2.45, 2.75) is 0 Å². The number of carbonyl (C=O) groups is 1. The van der Waals surface area contributed by atoms with Crippen molar-refractivity contribution in [1.29, 1.82) is 0 Å². The molecule has 2 rings (SSSR count). The zero-order chi connectivity index (χ0) is 11.3. The van der Waals surface area contributed by atoms with Gasteiger partial charge in [0.05, 0.1) is 4.47 Å². The average molecular weight is 272 g/mol. The van der Waals surface area contributed by atoms with Gasteiger partial charge < -0.3 is 4.74 Å².